The fraction of sp³-hybridized carbons (Fsp3) is 0.176. The van der Waals surface area contributed by atoms with Crippen LogP contribution in [0.5, 0.6) is 5.75 Å². The average Bonchev–Trinajstić information content (AvgIpc) is 3.05. The third-order valence-corrected chi connectivity index (χ3v) is 4.55. The summed E-state index contributed by atoms with van der Waals surface area (Å²) in [5, 5.41) is 2.39. The number of fused-ring (bicyclic) bond motifs is 2. The quantitative estimate of drug-likeness (QED) is 0.639. The van der Waals surface area contributed by atoms with Gasteiger partial charge in [0, 0.05) is 34.6 Å². The largest absolute Gasteiger partial charge is 0.493 e. The van der Waals surface area contributed by atoms with Gasteiger partial charge in [-0.05, 0) is 24.3 Å². The second-order valence-electron chi connectivity index (χ2n) is 5.33. The minimum Gasteiger partial charge on any atom is -0.493 e. The van der Waals surface area contributed by atoms with Crippen LogP contribution in [0, 0.1) is 0 Å². The molecule has 0 bridgehead atoms. The number of hydrogen-bond acceptors (Lipinski definition) is 1. The van der Waals surface area contributed by atoms with Gasteiger partial charge in [0.1, 0.15) is 5.75 Å². The van der Waals surface area contributed by atoms with E-state index in [1.807, 2.05) is 24.3 Å². The molecule has 2 heterocycles. The predicted molar refractivity (Wildman–Crippen MR) is 86.6 cm³/mol. The lowest BCUT2D eigenvalue weighted by molar-refractivity contribution is 0.320. The Bertz CT molecular complexity index is 825. The highest BCUT2D eigenvalue weighted by molar-refractivity contribution is 6.38. The van der Waals surface area contributed by atoms with Gasteiger partial charge in [0.05, 0.1) is 17.1 Å². The molecule has 0 aliphatic carbocycles. The van der Waals surface area contributed by atoms with E-state index in [9.17, 15) is 0 Å². The lowest BCUT2D eigenvalue weighted by Gasteiger charge is -2.12. The molecular formula is C17H13Cl2NO. The minimum absolute atomic E-state index is 0.356. The van der Waals surface area contributed by atoms with Crippen molar-refractivity contribution in [1.29, 1.82) is 0 Å². The third-order valence-electron chi connectivity index (χ3n) is 4.02. The van der Waals surface area contributed by atoms with Crippen molar-refractivity contribution in [2.45, 2.75) is 12.5 Å². The first-order chi connectivity index (χ1) is 10.2. The first-order valence-electron chi connectivity index (χ1n) is 6.88. The molecule has 1 aliphatic rings. The van der Waals surface area contributed by atoms with Crippen LogP contribution in [-0.2, 0) is 6.54 Å². The summed E-state index contributed by atoms with van der Waals surface area (Å²) >= 11 is 12.4. The Morgan fingerprint density at radius 2 is 2.00 bits per heavy atom. The molecule has 4 heteroatoms. The normalized spacial score (nSPS) is 17.0. The smallest absolute Gasteiger partial charge is 0.122 e. The van der Waals surface area contributed by atoms with Crippen molar-refractivity contribution in [3.63, 3.8) is 0 Å². The average molecular weight is 318 g/mol. The zero-order valence-electron chi connectivity index (χ0n) is 11.2. The number of halogens is 2. The molecule has 0 spiro atoms. The predicted octanol–water partition coefficient (Wildman–Crippen LogP) is 5.12. The number of rotatable bonds is 2. The van der Waals surface area contributed by atoms with Crippen LogP contribution in [0.1, 0.15) is 11.5 Å². The van der Waals surface area contributed by atoms with Gasteiger partial charge in [-0.1, -0.05) is 41.4 Å². The highest BCUT2D eigenvalue weighted by atomic mass is 35.5. The molecule has 1 atom stereocenters. The Balaban J connectivity index is 1.73. The second kappa shape index (κ2) is 4.97. The fourth-order valence-corrected chi connectivity index (χ4v) is 3.54. The van der Waals surface area contributed by atoms with Crippen molar-refractivity contribution in [2.24, 2.45) is 0 Å². The zero-order chi connectivity index (χ0) is 14.4. The first kappa shape index (κ1) is 13.1. The second-order valence-corrected chi connectivity index (χ2v) is 6.18. The topological polar surface area (TPSA) is 14.2 Å². The van der Waals surface area contributed by atoms with E-state index in [1.54, 1.807) is 6.07 Å². The summed E-state index contributed by atoms with van der Waals surface area (Å²) in [7, 11) is 0. The Hall–Kier alpha value is -1.64. The van der Waals surface area contributed by atoms with Crippen molar-refractivity contribution in [2.75, 3.05) is 6.61 Å². The molecule has 2 aromatic carbocycles. The van der Waals surface area contributed by atoms with Crippen LogP contribution < -0.4 is 4.74 Å². The Kier molecular flexibility index (Phi) is 3.09. The summed E-state index contributed by atoms with van der Waals surface area (Å²) < 4.78 is 7.95. The van der Waals surface area contributed by atoms with Gasteiger partial charge in [-0.3, -0.25) is 0 Å². The maximum absolute atomic E-state index is 6.25. The molecule has 4 rings (SSSR count). The molecule has 106 valence electrons. The monoisotopic (exact) mass is 317 g/mol. The maximum atomic E-state index is 6.25. The van der Waals surface area contributed by atoms with Crippen LogP contribution in [0.4, 0.5) is 0 Å². The molecule has 1 aromatic heterocycles. The number of nitrogens with zero attached hydrogens (tertiary/aromatic N) is 1. The van der Waals surface area contributed by atoms with E-state index in [-0.39, 0.29) is 0 Å². The van der Waals surface area contributed by atoms with Gasteiger partial charge in [0.2, 0.25) is 0 Å². The molecule has 0 amide bonds. The fourth-order valence-electron chi connectivity index (χ4n) is 3.00. The van der Waals surface area contributed by atoms with Gasteiger partial charge >= 0.3 is 0 Å². The van der Waals surface area contributed by atoms with E-state index in [4.69, 9.17) is 27.9 Å². The van der Waals surface area contributed by atoms with Crippen molar-refractivity contribution in [1.82, 2.24) is 4.57 Å². The molecule has 0 fully saturated rings. The summed E-state index contributed by atoms with van der Waals surface area (Å²) in [5.74, 6) is 1.35. The minimum atomic E-state index is 0.356. The van der Waals surface area contributed by atoms with Crippen LogP contribution in [0.3, 0.4) is 0 Å². The SMILES string of the molecule is Clc1cc(Cl)c2ccn(CC3COc4ccccc43)c2c1. The number of ether oxygens (including phenoxy) is 1. The van der Waals surface area contributed by atoms with Crippen LogP contribution in [0.2, 0.25) is 10.0 Å². The maximum Gasteiger partial charge on any atom is 0.122 e. The van der Waals surface area contributed by atoms with E-state index < -0.39 is 0 Å². The molecule has 0 N–H and O–H groups in total. The van der Waals surface area contributed by atoms with Crippen LogP contribution in [-0.4, -0.2) is 11.2 Å². The van der Waals surface area contributed by atoms with Gasteiger partial charge in [-0.2, -0.15) is 0 Å². The van der Waals surface area contributed by atoms with Crippen LogP contribution >= 0.6 is 23.2 Å². The lowest BCUT2D eigenvalue weighted by Crippen LogP contribution is -2.09. The highest BCUT2D eigenvalue weighted by Crippen LogP contribution is 2.36. The molecule has 2 nitrogen and oxygen atoms in total. The zero-order valence-corrected chi connectivity index (χ0v) is 12.7. The van der Waals surface area contributed by atoms with Crippen molar-refractivity contribution < 1.29 is 4.74 Å². The van der Waals surface area contributed by atoms with Gasteiger partial charge in [-0.15, -0.1) is 0 Å². The van der Waals surface area contributed by atoms with Gasteiger partial charge < -0.3 is 9.30 Å². The Labute approximate surface area is 132 Å². The van der Waals surface area contributed by atoms with Crippen molar-refractivity contribution >= 4 is 34.1 Å². The molecule has 21 heavy (non-hydrogen) atoms. The third kappa shape index (κ3) is 2.19. The van der Waals surface area contributed by atoms with E-state index in [0.29, 0.717) is 22.6 Å². The number of para-hydroxylation sites is 1. The summed E-state index contributed by atoms with van der Waals surface area (Å²) in [6.45, 7) is 1.57. The number of benzene rings is 2. The molecule has 0 radical (unpaired) electrons. The van der Waals surface area contributed by atoms with Gasteiger partial charge in [0.15, 0.2) is 0 Å². The lowest BCUT2D eigenvalue weighted by atomic mass is 10.0. The van der Waals surface area contributed by atoms with Crippen LogP contribution in [0.25, 0.3) is 10.9 Å². The molecule has 1 unspecified atom stereocenters. The Morgan fingerprint density at radius 3 is 2.90 bits per heavy atom. The van der Waals surface area contributed by atoms with Gasteiger partial charge in [-0.25, -0.2) is 0 Å². The van der Waals surface area contributed by atoms with Gasteiger partial charge in [0.25, 0.3) is 0 Å². The van der Waals surface area contributed by atoms with Crippen molar-refractivity contribution in [3.8, 4) is 5.75 Å². The van der Waals surface area contributed by atoms with Crippen molar-refractivity contribution in [3.05, 3.63) is 64.3 Å². The summed E-state index contributed by atoms with van der Waals surface area (Å²) in [4.78, 5) is 0. The van der Waals surface area contributed by atoms with E-state index in [2.05, 4.69) is 22.9 Å². The van der Waals surface area contributed by atoms with E-state index in [0.717, 1.165) is 23.2 Å². The first-order valence-corrected chi connectivity index (χ1v) is 7.63. The summed E-state index contributed by atoms with van der Waals surface area (Å²) in [5.41, 5.74) is 2.34. The molecule has 0 saturated heterocycles. The van der Waals surface area contributed by atoms with E-state index in [1.165, 1.54) is 5.56 Å². The highest BCUT2D eigenvalue weighted by Gasteiger charge is 2.24. The summed E-state index contributed by atoms with van der Waals surface area (Å²) in [6, 6.07) is 14.0. The molecule has 1 aliphatic heterocycles. The molecule has 3 aromatic rings. The summed E-state index contributed by atoms with van der Waals surface area (Å²) in [6.07, 6.45) is 2.06. The number of hydrogen-bond donors (Lipinski definition) is 0. The standard InChI is InChI=1S/C17H13Cl2NO/c18-12-7-15(19)14-5-6-20(16(14)8-12)9-11-10-21-17-4-2-1-3-13(11)17/h1-8,11H,9-10H2. The number of aromatic nitrogens is 1. The molecular weight excluding hydrogens is 305 g/mol. The van der Waals surface area contributed by atoms with Crippen LogP contribution in [0.15, 0.2) is 48.7 Å². The van der Waals surface area contributed by atoms with E-state index >= 15 is 0 Å². The molecule has 0 saturated carbocycles. The Morgan fingerprint density at radius 1 is 1.14 bits per heavy atom.